The minimum Gasteiger partial charge on any atom is -0.390 e. The van der Waals surface area contributed by atoms with Crippen LogP contribution in [0.3, 0.4) is 0 Å². The van der Waals surface area contributed by atoms with Gasteiger partial charge in [-0.25, -0.2) is 4.98 Å². The van der Waals surface area contributed by atoms with Crippen LogP contribution < -0.4 is 0 Å². The third kappa shape index (κ3) is 1.91. The molecule has 0 amide bonds. The first-order valence-electron chi connectivity index (χ1n) is 5.05. The molecule has 2 rings (SSSR count). The predicted molar refractivity (Wildman–Crippen MR) is 50.3 cm³/mol. The Balaban J connectivity index is 2.05. The lowest BCUT2D eigenvalue weighted by molar-refractivity contribution is 0.277. The van der Waals surface area contributed by atoms with Crippen LogP contribution in [-0.4, -0.2) is 15.1 Å². The van der Waals surface area contributed by atoms with E-state index < -0.39 is 0 Å². The van der Waals surface area contributed by atoms with Gasteiger partial charge in [-0.2, -0.15) is 0 Å². The van der Waals surface area contributed by atoms with E-state index in [0.29, 0.717) is 5.92 Å². The molecule has 1 aliphatic carbocycles. The summed E-state index contributed by atoms with van der Waals surface area (Å²) in [5.74, 6) is 1.68. The highest BCUT2D eigenvalue weighted by Crippen LogP contribution is 2.30. The first kappa shape index (κ1) is 8.75. The Bertz CT molecular complexity index is 264. The maximum absolute atomic E-state index is 8.88. The fourth-order valence-electron chi connectivity index (χ4n) is 2.04. The second kappa shape index (κ2) is 3.92. The Morgan fingerprint density at radius 2 is 2.15 bits per heavy atom. The van der Waals surface area contributed by atoms with Crippen LogP contribution in [0, 0.1) is 0 Å². The molecular formula is C10H16N2O. The Morgan fingerprint density at radius 1 is 1.38 bits per heavy atom. The second-order valence-electron chi connectivity index (χ2n) is 3.79. The van der Waals surface area contributed by atoms with Crippen LogP contribution in [-0.2, 0) is 6.61 Å². The zero-order valence-corrected chi connectivity index (χ0v) is 7.79. The van der Waals surface area contributed by atoms with Crippen molar-refractivity contribution in [3.05, 3.63) is 17.7 Å². The number of nitrogens with one attached hydrogen (secondary N) is 1. The molecule has 0 aromatic carbocycles. The highest BCUT2D eigenvalue weighted by molar-refractivity contribution is 5.05. The predicted octanol–water partition coefficient (Wildman–Crippen LogP) is 1.95. The van der Waals surface area contributed by atoms with Gasteiger partial charge in [0, 0.05) is 5.92 Å². The minimum atomic E-state index is 0.0692. The summed E-state index contributed by atoms with van der Waals surface area (Å²) >= 11 is 0. The molecule has 3 nitrogen and oxygen atoms in total. The van der Waals surface area contributed by atoms with Crippen molar-refractivity contribution in [2.45, 2.75) is 44.6 Å². The van der Waals surface area contributed by atoms with Gasteiger partial charge in [-0.05, 0) is 12.8 Å². The molecule has 0 aliphatic heterocycles. The highest BCUT2D eigenvalue weighted by atomic mass is 16.3. The van der Waals surface area contributed by atoms with E-state index in [4.69, 9.17) is 5.11 Å². The molecule has 0 saturated heterocycles. The summed E-state index contributed by atoms with van der Waals surface area (Å²) in [6, 6.07) is 0. The van der Waals surface area contributed by atoms with Gasteiger partial charge in [0.05, 0.1) is 18.5 Å². The zero-order chi connectivity index (χ0) is 9.10. The summed E-state index contributed by atoms with van der Waals surface area (Å²) in [6.07, 6.45) is 8.24. The first-order chi connectivity index (χ1) is 6.40. The van der Waals surface area contributed by atoms with Crippen molar-refractivity contribution in [1.29, 1.82) is 0 Å². The van der Waals surface area contributed by atoms with Crippen LogP contribution in [0.25, 0.3) is 0 Å². The molecule has 1 aromatic heterocycles. The average Bonchev–Trinajstić information content (AvgIpc) is 2.67. The third-order valence-electron chi connectivity index (χ3n) is 2.81. The van der Waals surface area contributed by atoms with Gasteiger partial charge in [-0.3, -0.25) is 0 Å². The number of imidazole rings is 1. The normalized spacial score (nSPS) is 19.2. The van der Waals surface area contributed by atoms with Gasteiger partial charge in [0.1, 0.15) is 5.82 Å². The van der Waals surface area contributed by atoms with Crippen molar-refractivity contribution in [3.8, 4) is 0 Å². The third-order valence-corrected chi connectivity index (χ3v) is 2.81. The largest absolute Gasteiger partial charge is 0.390 e. The van der Waals surface area contributed by atoms with E-state index in [9.17, 15) is 0 Å². The number of aromatic nitrogens is 2. The molecule has 0 bridgehead atoms. The van der Waals surface area contributed by atoms with E-state index in [0.717, 1.165) is 11.5 Å². The van der Waals surface area contributed by atoms with E-state index in [1.54, 1.807) is 6.20 Å². The van der Waals surface area contributed by atoms with Crippen LogP contribution in [0.1, 0.15) is 49.5 Å². The summed E-state index contributed by atoms with van der Waals surface area (Å²) in [4.78, 5) is 7.47. The number of nitrogens with zero attached hydrogens (tertiary/aromatic N) is 1. The molecule has 0 radical (unpaired) electrons. The molecule has 72 valence electrons. The van der Waals surface area contributed by atoms with Crippen molar-refractivity contribution >= 4 is 0 Å². The molecule has 0 unspecified atom stereocenters. The fourth-order valence-corrected chi connectivity index (χ4v) is 2.04. The Labute approximate surface area is 78.2 Å². The molecule has 13 heavy (non-hydrogen) atoms. The molecule has 1 heterocycles. The van der Waals surface area contributed by atoms with Crippen LogP contribution in [0.15, 0.2) is 6.20 Å². The molecule has 0 atom stereocenters. The van der Waals surface area contributed by atoms with Crippen LogP contribution >= 0.6 is 0 Å². The fraction of sp³-hybridized carbons (Fsp3) is 0.700. The molecule has 0 spiro atoms. The van der Waals surface area contributed by atoms with Gasteiger partial charge in [-0.15, -0.1) is 0 Å². The van der Waals surface area contributed by atoms with Gasteiger partial charge in [0.25, 0.3) is 0 Å². The van der Waals surface area contributed by atoms with E-state index in [-0.39, 0.29) is 6.61 Å². The van der Waals surface area contributed by atoms with Gasteiger partial charge in [-0.1, -0.05) is 19.3 Å². The Hall–Kier alpha value is -0.830. The van der Waals surface area contributed by atoms with E-state index in [2.05, 4.69) is 9.97 Å². The quantitative estimate of drug-likeness (QED) is 0.730. The second-order valence-corrected chi connectivity index (χ2v) is 3.79. The van der Waals surface area contributed by atoms with Crippen LogP contribution in [0.2, 0.25) is 0 Å². The van der Waals surface area contributed by atoms with Crippen molar-refractivity contribution in [2.24, 2.45) is 0 Å². The standard InChI is InChI=1S/C10H16N2O/c13-7-9-6-11-10(12-9)8-4-2-1-3-5-8/h6,8,13H,1-5,7H2,(H,11,12). The lowest BCUT2D eigenvalue weighted by Crippen LogP contribution is -2.06. The van der Waals surface area contributed by atoms with Crippen LogP contribution in [0.5, 0.6) is 0 Å². The summed E-state index contributed by atoms with van der Waals surface area (Å²) in [7, 11) is 0. The van der Waals surface area contributed by atoms with Gasteiger partial charge in [0.2, 0.25) is 0 Å². The van der Waals surface area contributed by atoms with E-state index >= 15 is 0 Å². The SMILES string of the molecule is OCc1cnc(C2CCCCC2)[nH]1. The number of hydrogen-bond donors (Lipinski definition) is 2. The molecule has 1 aliphatic rings. The molecular weight excluding hydrogens is 164 g/mol. The maximum Gasteiger partial charge on any atom is 0.109 e. The van der Waals surface area contributed by atoms with Gasteiger partial charge < -0.3 is 10.1 Å². The lowest BCUT2D eigenvalue weighted by Gasteiger charge is -2.19. The van der Waals surface area contributed by atoms with E-state index in [1.165, 1.54) is 32.1 Å². The number of H-pyrrole nitrogens is 1. The minimum absolute atomic E-state index is 0.0692. The lowest BCUT2D eigenvalue weighted by atomic mass is 9.89. The zero-order valence-electron chi connectivity index (χ0n) is 7.79. The molecule has 3 heteroatoms. The molecule has 1 aromatic rings. The number of rotatable bonds is 2. The van der Waals surface area contributed by atoms with Gasteiger partial charge >= 0.3 is 0 Å². The molecule has 1 fully saturated rings. The summed E-state index contributed by atoms with van der Waals surface area (Å²) in [5.41, 5.74) is 0.834. The number of aliphatic hydroxyl groups excluding tert-OH is 1. The summed E-state index contributed by atoms with van der Waals surface area (Å²) in [5, 5.41) is 8.88. The van der Waals surface area contributed by atoms with E-state index in [1.807, 2.05) is 0 Å². The summed E-state index contributed by atoms with van der Waals surface area (Å²) < 4.78 is 0. The number of aliphatic hydroxyl groups is 1. The topological polar surface area (TPSA) is 48.9 Å². The maximum atomic E-state index is 8.88. The van der Waals surface area contributed by atoms with Crippen molar-refractivity contribution in [1.82, 2.24) is 9.97 Å². The first-order valence-corrected chi connectivity index (χ1v) is 5.05. The smallest absolute Gasteiger partial charge is 0.109 e. The van der Waals surface area contributed by atoms with Gasteiger partial charge in [0.15, 0.2) is 0 Å². The number of hydrogen-bond acceptors (Lipinski definition) is 2. The van der Waals surface area contributed by atoms with Crippen molar-refractivity contribution in [2.75, 3.05) is 0 Å². The van der Waals surface area contributed by atoms with Crippen molar-refractivity contribution < 1.29 is 5.11 Å². The summed E-state index contributed by atoms with van der Waals surface area (Å²) in [6.45, 7) is 0.0692. The van der Waals surface area contributed by atoms with Crippen LogP contribution in [0.4, 0.5) is 0 Å². The Morgan fingerprint density at radius 3 is 2.77 bits per heavy atom. The monoisotopic (exact) mass is 180 g/mol. The number of aromatic amines is 1. The molecule has 1 saturated carbocycles. The Kier molecular flexibility index (Phi) is 2.64. The average molecular weight is 180 g/mol. The molecule has 2 N–H and O–H groups in total. The highest BCUT2D eigenvalue weighted by Gasteiger charge is 2.17. The van der Waals surface area contributed by atoms with Crippen molar-refractivity contribution in [3.63, 3.8) is 0 Å².